The third-order valence-electron chi connectivity index (χ3n) is 3.70. The Balaban J connectivity index is 2.55. The minimum Gasteiger partial charge on any atom is -0.341 e. The number of halogens is 3. The first kappa shape index (κ1) is 19.6. The molecule has 0 aliphatic carbocycles. The molecule has 1 fully saturated rings. The van der Waals surface area contributed by atoms with Crippen molar-refractivity contribution in [2.45, 2.75) is 65.2 Å². The third-order valence-corrected chi connectivity index (χ3v) is 3.70. The number of carbonyl (C=O) groups excluding carboxylic acids is 2. The van der Waals surface area contributed by atoms with E-state index in [0.717, 1.165) is 0 Å². The number of hydrogen-bond acceptors (Lipinski definition) is 2. The van der Waals surface area contributed by atoms with E-state index in [9.17, 15) is 22.8 Å². The highest BCUT2D eigenvalue weighted by molar-refractivity contribution is 5.77. The Morgan fingerprint density at radius 3 is 2.35 bits per heavy atom. The maximum Gasteiger partial charge on any atom is 0.408 e. The molecule has 1 aliphatic rings. The van der Waals surface area contributed by atoms with Crippen LogP contribution in [-0.2, 0) is 4.79 Å². The zero-order valence-corrected chi connectivity index (χ0v) is 14.1. The molecule has 2 N–H and O–H groups in total. The van der Waals surface area contributed by atoms with Gasteiger partial charge in [-0.3, -0.25) is 4.79 Å². The molecule has 1 aliphatic heterocycles. The topological polar surface area (TPSA) is 61.4 Å². The second kappa shape index (κ2) is 7.40. The summed E-state index contributed by atoms with van der Waals surface area (Å²) in [5.74, 6) is -0.0180. The highest BCUT2D eigenvalue weighted by atomic mass is 19.4. The first-order valence-corrected chi connectivity index (χ1v) is 7.84. The number of carbonyl (C=O) groups is 2. The van der Waals surface area contributed by atoms with Gasteiger partial charge in [0.2, 0.25) is 5.91 Å². The molecule has 8 heteroatoms. The van der Waals surface area contributed by atoms with Crippen LogP contribution in [0.15, 0.2) is 0 Å². The second-order valence-electron chi connectivity index (χ2n) is 7.16. The molecule has 0 aromatic heterocycles. The number of likely N-dealkylation sites (tertiary alicyclic amines) is 1. The summed E-state index contributed by atoms with van der Waals surface area (Å²) < 4.78 is 39.1. The number of rotatable bonds is 4. The van der Waals surface area contributed by atoms with Gasteiger partial charge in [-0.1, -0.05) is 27.7 Å². The maximum absolute atomic E-state index is 13.0. The van der Waals surface area contributed by atoms with Crippen LogP contribution in [0.3, 0.4) is 0 Å². The van der Waals surface area contributed by atoms with Crippen molar-refractivity contribution in [2.75, 3.05) is 13.1 Å². The fourth-order valence-corrected chi connectivity index (χ4v) is 2.57. The molecule has 1 heterocycles. The summed E-state index contributed by atoms with van der Waals surface area (Å²) in [4.78, 5) is 25.0. The van der Waals surface area contributed by atoms with Crippen LogP contribution in [0.4, 0.5) is 18.0 Å². The van der Waals surface area contributed by atoms with Crippen LogP contribution >= 0.6 is 0 Å². The summed E-state index contributed by atoms with van der Waals surface area (Å²) in [5, 5.41) is 4.55. The Labute approximate surface area is 135 Å². The molecular weight excluding hydrogens is 311 g/mol. The number of nitrogens with zero attached hydrogens (tertiary/aromatic N) is 1. The summed E-state index contributed by atoms with van der Waals surface area (Å²) in [6.45, 7) is 7.68. The van der Waals surface area contributed by atoms with Gasteiger partial charge >= 0.3 is 12.2 Å². The van der Waals surface area contributed by atoms with Gasteiger partial charge in [0, 0.05) is 25.6 Å². The molecule has 0 spiro atoms. The lowest BCUT2D eigenvalue weighted by Gasteiger charge is -2.29. The Kier molecular flexibility index (Phi) is 6.30. The van der Waals surface area contributed by atoms with Gasteiger partial charge < -0.3 is 15.5 Å². The van der Waals surface area contributed by atoms with Gasteiger partial charge in [-0.2, -0.15) is 13.2 Å². The Morgan fingerprint density at radius 1 is 1.26 bits per heavy atom. The highest BCUT2D eigenvalue weighted by Crippen LogP contribution is 2.30. The van der Waals surface area contributed by atoms with E-state index >= 15 is 0 Å². The molecule has 1 saturated heterocycles. The highest BCUT2D eigenvalue weighted by Gasteiger charge is 2.43. The van der Waals surface area contributed by atoms with Gasteiger partial charge in [0.1, 0.15) is 6.04 Å². The van der Waals surface area contributed by atoms with Crippen molar-refractivity contribution in [2.24, 2.45) is 5.41 Å². The van der Waals surface area contributed by atoms with Crippen LogP contribution in [0.2, 0.25) is 0 Å². The monoisotopic (exact) mass is 337 g/mol. The van der Waals surface area contributed by atoms with Crippen molar-refractivity contribution >= 4 is 11.9 Å². The van der Waals surface area contributed by atoms with Gasteiger partial charge in [0.25, 0.3) is 0 Å². The minimum atomic E-state index is -4.50. The Morgan fingerprint density at radius 2 is 1.87 bits per heavy atom. The second-order valence-corrected chi connectivity index (χ2v) is 7.16. The maximum atomic E-state index is 13.0. The van der Waals surface area contributed by atoms with Crippen LogP contribution in [0.1, 0.15) is 47.0 Å². The molecule has 134 valence electrons. The van der Waals surface area contributed by atoms with E-state index in [2.05, 4.69) is 5.32 Å². The zero-order chi connectivity index (χ0) is 17.8. The largest absolute Gasteiger partial charge is 0.408 e. The van der Waals surface area contributed by atoms with Crippen LogP contribution in [-0.4, -0.2) is 48.2 Å². The molecule has 5 nitrogen and oxygen atoms in total. The first-order valence-electron chi connectivity index (χ1n) is 7.84. The SMILES string of the molecule is CCC(=O)N1CCC(NC(=O)NC(CC(C)(C)C)C(F)(F)F)C1. The van der Waals surface area contributed by atoms with E-state index in [0.29, 0.717) is 25.9 Å². The van der Waals surface area contributed by atoms with Crippen molar-refractivity contribution in [3.8, 4) is 0 Å². The van der Waals surface area contributed by atoms with E-state index in [-0.39, 0.29) is 18.4 Å². The van der Waals surface area contributed by atoms with Crippen LogP contribution < -0.4 is 10.6 Å². The van der Waals surface area contributed by atoms with Gasteiger partial charge in [-0.15, -0.1) is 0 Å². The van der Waals surface area contributed by atoms with Crippen LogP contribution in [0.5, 0.6) is 0 Å². The normalized spacial score (nSPS) is 20.3. The molecule has 0 radical (unpaired) electrons. The van der Waals surface area contributed by atoms with E-state index < -0.39 is 23.7 Å². The lowest BCUT2D eigenvalue weighted by Crippen LogP contribution is -2.53. The van der Waals surface area contributed by atoms with E-state index in [1.807, 2.05) is 5.32 Å². The number of alkyl halides is 3. The van der Waals surface area contributed by atoms with Gasteiger partial charge in [-0.25, -0.2) is 4.79 Å². The average molecular weight is 337 g/mol. The van der Waals surface area contributed by atoms with Crippen LogP contribution in [0.25, 0.3) is 0 Å². The van der Waals surface area contributed by atoms with Crippen molar-refractivity contribution in [3.63, 3.8) is 0 Å². The van der Waals surface area contributed by atoms with Crippen molar-refractivity contribution in [1.82, 2.24) is 15.5 Å². The van der Waals surface area contributed by atoms with Crippen molar-refractivity contribution in [3.05, 3.63) is 0 Å². The molecule has 2 atom stereocenters. The number of urea groups is 1. The molecule has 0 aromatic carbocycles. The quantitative estimate of drug-likeness (QED) is 0.828. The molecule has 2 unspecified atom stereocenters. The summed E-state index contributed by atoms with van der Waals surface area (Å²) in [5.41, 5.74) is -0.564. The Hall–Kier alpha value is -1.47. The zero-order valence-electron chi connectivity index (χ0n) is 14.1. The van der Waals surface area contributed by atoms with Gasteiger partial charge in [0.05, 0.1) is 0 Å². The van der Waals surface area contributed by atoms with Gasteiger partial charge in [-0.05, 0) is 18.3 Å². The standard InChI is InChI=1S/C15H26F3N3O2/c1-5-12(22)21-7-6-10(9-21)19-13(23)20-11(15(16,17)18)8-14(2,3)4/h10-11H,5-9H2,1-4H3,(H2,19,20,23). The third kappa shape index (κ3) is 6.66. The minimum absolute atomic E-state index is 0.0180. The predicted octanol–water partition coefficient (Wildman–Crippen LogP) is 2.66. The predicted molar refractivity (Wildman–Crippen MR) is 80.9 cm³/mol. The van der Waals surface area contributed by atoms with Gasteiger partial charge in [0.15, 0.2) is 0 Å². The fraction of sp³-hybridized carbons (Fsp3) is 0.867. The molecule has 0 aromatic rings. The molecule has 23 heavy (non-hydrogen) atoms. The smallest absolute Gasteiger partial charge is 0.341 e. The molecule has 3 amide bonds. The van der Waals surface area contributed by atoms with Crippen molar-refractivity contribution in [1.29, 1.82) is 0 Å². The lowest BCUT2D eigenvalue weighted by molar-refractivity contribution is -0.159. The van der Waals surface area contributed by atoms with Crippen LogP contribution in [0, 0.1) is 5.41 Å². The van der Waals surface area contributed by atoms with Crippen molar-refractivity contribution < 1.29 is 22.8 Å². The number of amides is 3. The summed E-state index contributed by atoms with van der Waals surface area (Å²) >= 11 is 0. The first-order chi connectivity index (χ1) is 10.4. The summed E-state index contributed by atoms with van der Waals surface area (Å²) in [6, 6.07) is -3.04. The molecule has 0 bridgehead atoms. The number of hydrogen-bond donors (Lipinski definition) is 2. The average Bonchev–Trinajstić information content (AvgIpc) is 2.82. The molecule has 1 rings (SSSR count). The summed E-state index contributed by atoms with van der Waals surface area (Å²) in [7, 11) is 0. The van der Waals surface area contributed by atoms with E-state index in [1.165, 1.54) is 0 Å². The summed E-state index contributed by atoms with van der Waals surface area (Å²) in [6.07, 6.45) is -3.77. The van der Waals surface area contributed by atoms with E-state index in [1.54, 1.807) is 32.6 Å². The Bertz CT molecular complexity index is 433. The van der Waals surface area contributed by atoms with E-state index in [4.69, 9.17) is 0 Å². The fourth-order valence-electron chi connectivity index (χ4n) is 2.57. The molecular formula is C15H26F3N3O2. The number of nitrogens with one attached hydrogen (secondary N) is 2. The lowest BCUT2D eigenvalue weighted by atomic mass is 9.88. The molecule has 0 saturated carbocycles.